The van der Waals surface area contributed by atoms with Crippen LogP contribution >= 0.6 is 22.6 Å². The van der Waals surface area contributed by atoms with Gasteiger partial charge in [-0.25, -0.2) is 9.18 Å². The van der Waals surface area contributed by atoms with E-state index >= 15 is 0 Å². The minimum Gasteiger partial charge on any atom is -0.443 e. The van der Waals surface area contributed by atoms with E-state index in [1.165, 1.54) is 30.6 Å². The summed E-state index contributed by atoms with van der Waals surface area (Å²) in [4.78, 5) is 28.2. The Balaban J connectivity index is 2.06. The summed E-state index contributed by atoms with van der Waals surface area (Å²) in [5.41, 5.74) is -2.47. The number of anilines is 1. The third-order valence-electron chi connectivity index (χ3n) is 6.43. The number of hydrogen-bond donors (Lipinski definition) is 0. The Hall–Kier alpha value is -2.58. The molecule has 0 spiro atoms. The van der Waals surface area contributed by atoms with Crippen molar-refractivity contribution in [3.05, 3.63) is 62.2 Å². The minimum absolute atomic E-state index is 0.0354. The van der Waals surface area contributed by atoms with Crippen LogP contribution in [0.3, 0.4) is 0 Å². The summed E-state index contributed by atoms with van der Waals surface area (Å²) in [6.45, 7) is 3.44. The van der Waals surface area contributed by atoms with Gasteiger partial charge in [0.25, 0.3) is 0 Å². The molecule has 2 aromatic carbocycles. The van der Waals surface area contributed by atoms with Gasteiger partial charge in [0.05, 0.1) is 22.9 Å². The van der Waals surface area contributed by atoms with E-state index < -0.39 is 60.3 Å². The van der Waals surface area contributed by atoms with Crippen molar-refractivity contribution in [3.63, 3.8) is 0 Å². The molecule has 3 unspecified atom stereocenters. The predicted molar refractivity (Wildman–Crippen MR) is 138 cm³/mol. The molecule has 1 aliphatic heterocycles. The minimum atomic E-state index is -5.03. The number of alkyl halides is 7. The van der Waals surface area contributed by atoms with Crippen molar-refractivity contribution in [1.82, 2.24) is 4.90 Å². The topological polar surface area (TPSA) is 49.9 Å². The van der Waals surface area contributed by atoms with E-state index in [-0.39, 0.29) is 24.6 Å². The average Bonchev–Trinajstić information content (AvgIpc) is 3.00. The molecule has 3 atom stereocenters. The second-order valence-corrected chi connectivity index (χ2v) is 10.6. The van der Waals surface area contributed by atoms with Crippen LogP contribution in [0.25, 0.3) is 0 Å². The lowest BCUT2D eigenvalue weighted by Crippen LogP contribution is -2.36. The Labute approximate surface area is 234 Å². The highest BCUT2D eigenvalue weighted by Gasteiger charge is 2.38. The van der Waals surface area contributed by atoms with Gasteiger partial charge in [0.1, 0.15) is 12.3 Å². The van der Waals surface area contributed by atoms with Gasteiger partial charge >= 0.3 is 18.4 Å². The Morgan fingerprint density at radius 3 is 2.15 bits per heavy atom. The second-order valence-electron chi connectivity index (χ2n) is 9.34. The molecule has 0 N–H and O–H groups in total. The fourth-order valence-electron chi connectivity index (χ4n) is 4.33. The van der Waals surface area contributed by atoms with Gasteiger partial charge in [-0.05, 0) is 96.8 Å². The molecule has 13 heteroatoms. The molecule has 39 heavy (non-hydrogen) atoms. The molecule has 0 saturated heterocycles. The first-order valence-electron chi connectivity index (χ1n) is 12.0. The van der Waals surface area contributed by atoms with Crippen LogP contribution < -0.4 is 4.90 Å². The second kappa shape index (κ2) is 11.9. The van der Waals surface area contributed by atoms with Gasteiger partial charge in [-0.3, -0.25) is 9.69 Å². The summed E-state index contributed by atoms with van der Waals surface area (Å²) in [7, 11) is 0. The summed E-state index contributed by atoms with van der Waals surface area (Å²) in [6, 6.07) is 5.46. The monoisotopic (exact) mass is 674 g/mol. The number of carbonyl (C=O) groups excluding carboxylic acids is 2. The fourth-order valence-corrected chi connectivity index (χ4v) is 4.85. The van der Waals surface area contributed by atoms with Crippen LogP contribution in [0, 0.1) is 3.57 Å². The molecule has 0 aromatic heterocycles. The predicted octanol–water partition coefficient (Wildman–Crippen LogP) is 7.90. The van der Waals surface area contributed by atoms with Crippen molar-refractivity contribution in [3.8, 4) is 0 Å². The third kappa shape index (κ3) is 7.54. The summed E-state index contributed by atoms with van der Waals surface area (Å²) < 4.78 is 100. The molecule has 0 fully saturated rings. The molecule has 0 bridgehead atoms. The van der Waals surface area contributed by atoms with Gasteiger partial charge in [0, 0.05) is 23.6 Å². The molecule has 3 rings (SSSR count). The molecule has 2 amide bonds. The van der Waals surface area contributed by atoms with Crippen molar-refractivity contribution in [1.29, 1.82) is 0 Å². The third-order valence-corrected chi connectivity index (χ3v) is 7.10. The van der Waals surface area contributed by atoms with Crippen molar-refractivity contribution < 1.29 is 45.1 Å². The highest BCUT2D eigenvalue weighted by atomic mass is 127. The Bertz CT molecular complexity index is 1180. The summed E-state index contributed by atoms with van der Waals surface area (Å²) in [5.74, 6) is -0.577. The maximum absolute atomic E-state index is 13.6. The number of amides is 2. The van der Waals surface area contributed by atoms with E-state index in [9.17, 15) is 40.3 Å². The number of nitrogens with zero attached hydrogens (tertiary/aromatic N) is 2. The lowest BCUT2D eigenvalue weighted by molar-refractivity contribution is -0.143. The zero-order valence-corrected chi connectivity index (χ0v) is 23.3. The average molecular weight is 674 g/mol. The molecule has 0 aliphatic carbocycles. The van der Waals surface area contributed by atoms with Crippen molar-refractivity contribution >= 4 is 40.3 Å². The first kappa shape index (κ1) is 31.0. The lowest BCUT2D eigenvalue weighted by atomic mass is 9.98. The zero-order valence-electron chi connectivity index (χ0n) is 21.2. The van der Waals surface area contributed by atoms with Crippen LogP contribution in [0.2, 0.25) is 0 Å². The molecular weight excluding hydrogens is 648 g/mol. The van der Waals surface area contributed by atoms with E-state index in [1.54, 1.807) is 18.2 Å². The number of fused-ring (bicyclic) bond motifs is 1. The van der Waals surface area contributed by atoms with E-state index in [0.29, 0.717) is 29.8 Å². The van der Waals surface area contributed by atoms with Gasteiger partial charge in [-0.2, -0.15) is 26.3 Å². The summed E-state index contributed by atoms with van der Waals surface area (Å²) in [6.07, 6.45) is -12.7. The standard InChI is InChI=1S/C26H26F7IN2O3/c1-14(27)15(2)39-24(38)35-8-4-5-22(21-12-20(34)6-7-23(21)35)36(16(3)37)13-17-9-18(25(28,29)30)11-19(10-17)26(31,32)33/h6-7,9-12,14-15,22H,4-5,8,13H2,1-3H3. The number of rotatable bonds is 5. The van der Waals surface area contributed by atoms with Crippen LogP contribution in [0.1, 0.15) is 61.9 Å². The molecule has 2 aromatic rings. The van der Waals surface area contributed by atoms with Gasteiger partial charge in [0.2, 0.25) is 5.91 Å². The van der Waals surface area contributed by atoms with Crippen LogP contribution in [0.5, 0.6) is 0 Å². The number of benzene rings is 2. The molecule has 214 valence electrons. The lowest BCUT2D eigenvalue weighted by Gasteiger charge is -2.32. The van der Waals surface area contributed by atoms with Crippen LogP contribution in [0.15, 0.2) is 36.4 Å². The smallest absolute Gasteiger partial charge is 0.416 e. The van der Waals surface area contributed by atoms with Crippen LogP contribution in [-0.2, 0) is 28.4 Å². The Morgan fingerprint density at radius 2 is 1.64 bits per heavy atom. The van der Waals surface area contributed by atoms with E-state index in [4.69, 9.17) is 4.74 Å². The summed E-state index contributed by atoms with van der Waals surface area (Å²) >= 11 is 2.01. The fraction of sp³-hybridized carbons (Fsp3) is 0.462. The summed E-state index contributed by atoms with van der Waals surface area (Å²) in [5, 5.41) is 0. The number of carbonyl (C=O) groups is 2. The Kier molecular flexibility index (Phi) is 9.43. The highest BCUT2D eigenvalue weighted by molar-refractivity contribution is 14.1. The van der Waals surface area contributed by atoms with Gasteiger partial charge in [-0.1, -0.05) is 0 Å². The van der Waals surface area contributed by atoms with E-state index in [2.05, 4.69) is 0 Å². The van der Waals surface area contributed by atoms with Crippen LogP contribution in [-0.4, -0.2) is 35.7 Å². The van der Waals surface area contributed by atoms with Gasteiger partial charge in [0.15, 0.2) is 0 Å². The van der Waals surface area contributed by atoms with Crippen molar-refractivity contribution in [2.45, 2.75) is 70.8 Å². The molecule has 1 aliphatic rings. The Morgan fingerprint density at radius 1 is 1.05 bits per heavy atom. The van der Waals surface area contributed by atoms with Crippen molar-refractivity contribution in [2.24, 2.45) is 0 Å². The van der Waals surface area contributed by atoms with Crippen LogP contribution in [0.4, 0.5) is 41.2 Å². The van der Waals surface area contributed by atoms with Gasteiger partial charge < -0.3 is 9.64 Å². The first-order valence-corrected chi connectivity index (χ1v) is 13.0. The molecule has 5 nitrogen and oxygen atoms in total. The molecular formula is C26H26F7IN2O3. The maximum Gasteiger partial charge on any atom is 0.416 e. The normalized spacial score (nSPS) is 17.6. The maximum atomic E-state index is 13.6. The quantitative estimate of drug-likeness (QED) is 0.240. The largest absolute Gasteiger partial charge is 0.443 e. The SMILES string of the molecule is CC(=O)N(Cc1cc(C(F)(F)F)cc(C(F)(F)F)c1)C1CCCN(C(=O)OC(C)C(C)F)c2ccc(I)cc21. The van der Waals surface area contributed by atoms with E-state index in [1.807, 2.05) is 22.6 Å². The highest BCUT2D eigenvalue weighted by Crippen LogP contribution is 2.40. The number of halogens is 8. The number of ether oxygens (including phenoxy) is 1. The molecule has 0 radical (unpaired) electrons. The van der Waals surface area contributed by atoms with Gasteiger partial charge in [-0.15, -0.1) is 0 Å². The zero-order chi connectivity index (χ0) is 29.3. The van der Waals surface area contributed by atoms with Crippen molar-refractivity contribution in [2.75, 3.05) is 11.4 Å². The molecule has 0 saturated carbocycles. The number of hydrogen-bond acceptors (Lipinski definition) is 3. The first-order chi connectivity index (χ1) is 18.0. The van der Waals surface area contributed by atoms with E-state index in [0.717, 1.165) is 3.57 Å². The molecule has 1 heterocycles.